The normalized spacial score (nSPS) is 17.2. The molecule has 0 bridgehead atoms. The molecule has 4 nitrogen and oxygen atoms in total. The van der Waals surface area contributed by atoms with E-state index in [1.54, 1.807) is 24.3 Å². The molecule has 1 N–H and O–H groups in total. The Balaban J connectivity index is 1.74. The fraction of sp³-hybridized carbons (Fsp3) is 0.400. The van der Waals surface area contributed by atoms with Gasteiger partial charge in [-0.3, -0.25) is 4.90 Å². The Morgan fingerprint density at radius 3 is 2.64 bits per heavy atom. The van der Waals surface area contributed by atoms with Gasteiger partial charge in [-0.15, -0.1) is 0 Å². The van der Waals surface area contributed by atoms with Crippen LogP contribution in [0.3, 0.4) is 0 Å². The van der Waals surface area contributed by atoms with Crippen LogP contribution in [-0.4, -0.2) is 36.4 Å². The van der Waals surface area contributed by atoms with E-state index in [1.165, 1.54) is 13.2 Å². The Morgan fingerprint density at radius 1 is 1.20 bits per heavy atom. The molecule has 1 unspecified atom stereocenters. The summed E-state index contributed by atoms with van der Waals surface area (Å²) in [7, 11) is 1.53. The second-order valence-electron chi connectivity index (χ2n) is 6.44. The second kappa shape index (κ2) is 8.32. The highest BCUT2D eigenvalue weighted by molar-refractivity contribution is 5.41. The monoisotopic (exact) mass is 345 g/mol. The largest absolute Gasteiger partial charge is 0.504 e. The van der Waals surface area contributed by atoms with Crippen LogP contribution in [0.25, 0.3) is 0 Å². The topological polar surface area (TPSA) is 41.9 Å². The SMILES string of the molecule is COc1ccc(CN(Cc2cccc(F)c2)CC2CCCO2)cc1O. The van der Waals surface area contributed by atoms with Crippen molar-refractivity contribution in [3.63, 3.8) is 0 Å². The first-order chi connectivity index (χ1) is 12.1. The molecule has 0 saturated carbocycles. The van der Waals surface area contributed by atoms with Crippen LogP contribution in [0.2, 0.25) is 0 Å². The molecule has 1 aliphatic heterocycles. The molecule has 1 fully saturated rings. The van der Waals surface area contributed by atoms with Gasteiger partial charge in [-0.05, 0) is 48.2 Å². The van der Waals surface area contributed by atoms with Crippen LogP contribution in [-0.2, 0) is 17.8 Å². The molecule has 0 radical (unpaired) electrons. The summed E-state index contributed by atoms with van der Waals surface area (Å²) in [5.41, 5.74) is 1.91. The predicted octanol–water partition coefficient (Wildman–Crippen LogP) is 3.72. The van der Waals surface area contributed by atoms with Crippen molar-refractivity contribution in [1.82, 2.24) is 4.90 Å². The lowest BCUT2D eigenvalue weighted by molar-refractivity contribution is 0.0678. The van der Waals surface area contributed by atoms with Gasteiger partial charge in [0.15, 0.2) is 11.5 Å². The lowest BCUT2D eigenvalue weighted by Crippen LogP contribution is -2.31. The van der Waals surface area contributed by atoms with Crippen molar-refractivity contribution in [3.8, 4) is 11.5 Å². The van der Waals surface area contributed by atoms with Gasteiger partial charge >= 0.3 is 0 Å². The molecule has 2 aromatic carbocycles. The summed E-state index contributed by atoms with van der Waals surface area (Å²) in [5, 5.41) is 10.00. The molecule has 25 heavy (non-hydrogen) atoms. The predicted molar refractivity (Wildman–Crippen MR) is 94.1 cm³/mol. The summed E-state index contributed by atoms with van der Waals surface area (Å²) in [5.74, 6) is 0.360. The summed E-state index contributed by atoms with van der Waals surface area (Å²) < 4.78 is 24.3. The summed E-state index contributed by atoms with van der Waals surface area (Å²) >= 11 is 0. The standard InChI is InChI=1S/C20H24FNO3/c1-24-20-8-7-16(11-19(20)23)13-22(14-18-6-3-9-25-18)12-15-4-2-5-17(21)10-15/h2,4-5,7-8,10-11,18,23H,3,6,9,12-14H2,1H3. The zero-order chi connectivity index (χ0) is 17.6. The molecular weight excluding hydrogens is 321 g/mol. The highest BCUT2D eigenvalue weighted by atomic mass is 19.1. The molecule has 0 amide bonds. The van der Waals surface area contributed by atoms with E-state index in [0.717, 1.165) is 37.1 Å². The van der Waals surface area contributed by atoms with Crippen LogP contribution < -0.4 is 4.74 Å². The minimum atomic E-state index is -0.225. The third-order valence-electron chi connectivity index (χ3n) is 4.43. The summed E-state index contributed by atoms with van der Waals surface area (Å²) in [6, 6.07) is 12.1. The average Bonchev–Trinajstić information content (AvgIpc) is 3.08. The molecular formula is C20H24FNO3. The van der Waals surface area contributed by atoms with Crippen LogP contribution in [0.15, 0.2) is 42.5 Å². The first-order valence-electron chi connectivity index (χ1n) is 8.58. The number of ether oxygens (including phenoxy) is 2. The van der Waals surface area contributed by atoms with Crippen molar-refractivity contribution >= 4 is 0 Å². The van der Waals surface area contributed by atoms with Gasteiger partial charge in [0, 0.05) is 26.2 Å². The molecule has 1 heterocycles. The minimum absolute atomic E-state index is 0.128. The number of benzene rings is 2. The van der Waals surface area contributed by atoms with E-state index in [9.17, 15) is 9.50 Å². The number of halogens is 1. The number of hydrogen-bond acceptors (Lipinski definition) is 4. The summed E-state index contributed by atoms with van der Waals surface area (Å²) in [6.07, 6.45) is 2.34. The van der Waals surface area contributed by atoms with Crippen LogP contribution in [0.4, 0.5) is 4.39 Å². The van der Waals surface area contributed by atoms with Gasteiger partial charge < -0.3 is 14.6 Å². The number of phenolic OH excluding ortho intramolecular Hbond substituents is 1. The third-order valence-corrected chi connectivity index (χ3v) is 4.43. The molecule has 0 spiro atoms. The third kappa shape index (κ3) is 4.94. The molecule has 1 saturated heterocycles. The lowest BCUT2D eigenvalue weighted by atomic mass is 10.1. The Kier molecular flexibility index (Phi) is 5.89. The number of nitrogens with zero attached hydrogens (tertiary/aromatic N) is 1. The van der Waals surface area contributed by atoms with E-state index in [4.69, 9.17) is 9.47 Å². The number of hydrogen-bond donors (Lipinski definition) is 1. The van der Waals surface area contributed by atoms with Gasteiger partial charge in [-0.1, -0.05) is 18.2 Å². The van der Waals surface area contributed by atoms with E-state index in [1.807, 2.05) is 12.1 Å². The van der Waals surface area contributed by atoms with Gasteiger partial charge in [-0.25, -0.2) is 4.39 Å². The summed E-state index contributed by atoms with van der Waals surface area (Å²) in [6.45, 7) is 2.86. The van der Waals surface area contributed by atoms with E-state index >= 15 is 0 Å². The molecule has 134 valence electrons. The molecule has 1 atom stereocenters. The van der Waals surface area contributed by atoms with Crippen LogP contribution in [0.5, 0.6) is 11.5 Å². The highest BCUT2D eigenvalue weighted by Gasteiger charge is 2.20. The maximum Gasteiger partial charge on any atom is 0.160 e. The van der Waals surface area contributed by atoms with E-state index < -0.39 is 0 Å². The van der Waals surface area contributed by atoms with Gasteiger partial charge in [0.25, 0.3) is 0 Å². The zero-order valence-electron chi connectivity index (χ0n) is 14.5. The summed E-state index contributed by atoms with van der Waals surface area (Å²) in [4.78, 5) is 2.23. The number of phenols is 1. The number of rotatable bonds is 7. The van der Waals surface area contributed by atoms with Gasteiger partial charge in [0.1, 0.15) is 5.82 Å². The average molecular weight is 345 g/mol. The molecule has 0 aromatic heterocycles. The zero-order valence-corrected chi connectivity index (χ0v) is 14.5. The second-order valence-corrected chi connectivity index (χ2v) is 6.44. The number of aromatic hydroxyl groups is 1. The minimum Gasteiger partial charge on any atom is -0.504 e. The molecule has 5 heteroatoms. The molecule has 3 rings (SSSR count). The van der Waals surface area contributed by atoms with Crippen molar-refractivity contribution < 1.29 is 19.0 Å². The van der Waals surface area contributed by atoms with Crippen molar-refractivity contribution in [2.75, 3.05) is 20.3 Å². The fourth-order valence-corrected chi connectivity index (χ4v) is 3.25. The maximum absolute atomic E-state index is 13.5. The first kappa shape index (κ1) is 17.7. The van der Waals surface area contributed by atoms with Crippen LogP contribution in [0, 0.1) is 5.82 Å². The number of methoxy groups -OCH3 is 1. The van der Waals surface area contributed by atoms with E-state index in [0.29, 0.717) is 18.8 Å². The Hall–Kier alpha value is -2.11. The van der Waals surface area contributed by atoms with Crippen LogP contribution >= 0.6 is 0 Å². The maximum atomic E-state index is 13.5. The molecule has 0 aliphatic carbocycles. The van der Waals surface area contributed by atoms with Gasteiger partial charge in [0.2, 0.25) is 0 Å². The quantitative estimate of drug-likeness (QED) is 0.830. The molecule has 2 aromatic rings. The van der Waals surface area contributed by atoms with Crippen molar-refractivity contribution in [1.29, 1.82) is 0 Å². The smallest absolute Gasteiger partial charge is 0.160 e. The highest BCUT2D eigenvalue weighted by Crippen LogP contribution is 2.27. The molecule has 1 aliphatic rings. The Bertz CT molecular complexity index is 701. The fourth-order valence-electron chi connectivity index (χ4n) is 3.25. The van der Waals surface area contributed by atoms with Crippen molar-refractivity contribution in [3.05, 3.63) is 59.4 Å². The Morgan fingerprint density at radius 2 is 2.00 bits per heavy atom. The van der Waals surface area contributed by atoms with Crippen LogP contribution in [0.1, 0.15) is 24.0 Å². The van der Waals surface area contributed by atoms with Gasteiger partial charge in [-0.2, -0.15) is 0 Å². The van der Waals surface area contributed by atoms with E-state index in [2.05, 4.69) is 4.90 Å². The van der Waals surface area contributed by atoms with E-state index in [-0.39, 0.29) is 17.7 Å². The van der Waals surface area contributed by atoms with Crippen molar-refractivity contribution in [2.45, 2.75) is 32.0 Å². The van der Waals surface area contributed by atoms with Crippen molar-refractivity contribution in [2.24, 2.45) is 0 Å². The Labute approximate surface area is 147 Å². The first-order valence-corrected chi connectivity index (χ1v) is 8.58. The lowest BCUT2D eigenvalue weighted by Gasteiger charge is -2.25. The van der Waals surface area contributed by atoms with Gasteiger partial charge in [0.05, 0.1) is 13.2 Å².